The van der Waals surface area contributed by atoms with Gasteiger partial charge in [0.05, 0.1) is 0 Å². The van der Waals surface area contributed by atoms with Crippen LogP contribution in [0.1, 0.15) is 70.3 Å². The highest BCUT2D eigenvalue weighted by molar-refractivity contribution is 5.21. The second-order valence-corrected chi connectivity index (χ2v) is 4.83. The van der Waals surface area contributed by atoms with Crippen LogP contribution in [0.15, 0.2) is 24.3 Å². The summed E-state index contributed by atoms with van der Waals surface area (Å²) < 4.78 is 13.7. The summed E-state index contributed by atoms with van der Waals surface area (Å²) >= 11 is 0. The Kier molecular flexibility index (Phi) is 6.91. The lowest BCUT2D eigenvalue weighted by Gasteiger charge is -2.15. The summed E-state index contributed by atoms with van der Waals surface area (Å²) in [6, 6.07) is 7.23. The van der Waals surface area contributed by atoms with Crippen molar-refractivity contribution in [3.05, 3.63) is 35.6 Å². The van der Waals surface area contributed by atoms with E-state index in [-0.39, 0.29) is 5.82 Å². The number of hydrogen-bond acceptors (Lipinski definition) is 0. The molecule has 1 heteroatoms. The molecule has 1 atom stereocenters. The lowest BCUT2D eigenvalue weighted by molar-refractivity contribution is 0.509. The molecule has 0 nitrogen and oxygen atoms in total. The molecule has 0 amide bonds. The molecular weight excluding hydrogens is 211 g/mol. The normalized spacial score (nSPS) is 12.6. The SMILES string of the molecule is CCCCCCCC(CC)c1ccccc1F. The van der Waals surface area contributed by atoms with E-state index in [0.29, 0.717) is 5.92 Å². The largest absolute Gasteiger partial charge is 0.207 e. The van der Waals surface area contributed by atoms with E-state index in [2.05, 4.69) is 13.8 Å². The van der Waals surface area contributed by atoms with Gasteiger partial charge in [-0.05, 0) is 30.4 Å². The zero-order chi connectivity index (χ0) is 12.5. The summed E-state index contributed by atoms with van der Waals surface area (Å²) in [6.45, 7) is 4.39. The summed E-state index contributed by atoms with van der Waals surface area (Å²) in [6.07, 6.45) is 8.62. The molecule has 0 fully saturated rings. The first-order valence-electron chi connectivity index (χ1n) is 7.04. The molecule has 0 bridgehead atoms. The van der Waals surface area contributed by atoms with Gasteiger partial charge in [0.1, 0.15) is 5.82 Å². The highest BCUT2D eigenvalue weighted by atomic mass is 19.1. The molecule has 0 radical (unpaired) electrons. The minimum Gasteiger partial charge on any atom is -0.207 e. The van der Waals surface area contributed by atoms with E-state index in [1.54, 1.807) is 12.1 Å². The Balaban J connectivity index is 2.41. The average Bonchev–Trinajstić information content (AvgIpc) is 2.35. The Bertz CT molecular complexity index is 306. The monoisotopic (exact) mass is 236 g/mol. The van der Waals surface area contributed by atoms with E-state index in [0.717, 1.165) is 18.4 Å². The van der Waals surface area contributed by atoms with Gasteiger partial charge in [0, 0.05) is 0 Å². The molecule has 17 heavy (non-hydrogen) atoms. The summed E-state index contributed by atoms with van der Waals surface area (Å²) in [5.41, 5.74) is 0.908. The first kappa shape index (κ1) is 14.2. The first-order chi connectivity index (χ1) is 8.29. The number of halogens is 1. The van der Waals surface area contributed by atoms with Crippen molar-refractivity contribution in [2.24, 2.45) is 0 Å². The van der Waals surface area contributed by atoms with Gasteiger partial charge in [-0.3, -0.25) is 0 Å². The molecule has 1 aromatic carbocycles. The first-order valence-corrected chi connectivity index (χ1v) is 7.04. The Morgan fingerprint density at radius 1 is 1.00 bits per heavy atom. The molecule has 1 unspecified atom stereocenters. The molecule has 0 aliphatic rings. The van der Waals surface area contributed by atoms with Crippen LogP contribution in [0.3, 0.4) is 0 Å². The van der Waals surface area contributed by atoms with Crippen LogP contribution in [-0.4, -0.2) is 0 Å². The minimum atomic E-state index is -0.0343. The van der Waals surface area contributed by atoms with Crippen molar-refractivity contribution in [2.75, 3.05) is 0 Å². The fraction of sp³-hybridized carbons (Fsp3) is 0.625. The second-order valence-electron chi connectivity index (χ2n) is 4.83. The molecule has 0 aliphatic carbocycles. The van der Waals surface area contributed by atoms with E-state index in [1.165, 1.54) is 32.1 Å². The summed E-state index contributed by atoms with van der Waals surface area (Å²) in [5.74, 6) is 0.366. The van der Waals surface area contributed by atoms with E-state index in [4.69, 9.17) is 0 Å². The van der Waals surface area contributed by atoms with Gasteiger partial charge in [-0.15, -0.1) is 0 Å². The van der Waals surface area contributed by atoms with Gasteiger partial charge in [0.2, 0.25) is 0 Å². The minimum absolute atomic E-state index is 0.0343. The van der Waals surface area contributed by atoms with Crippen molar-refractivity contribution >= 4 is 0 Å². The third-order valence-corrected chi connectivity index (χ3v) is 3.49. The predicted octanol–water partition coefficient (Wildman–Crippen LogP) is 5.68. The summed E-state index contributed by atoms with van der Waals surface area (Å²) in [4.78, 5) is 0. The molecule has 1 rings (SSSR count). The van der Waals surface area contributed by atoms with Crippen molar-refractivity contribution in [1.29, 1.82) is 0 Å². The Hall–Kier alpha value is -0.850. The van der Waals surface area contributed by atoms with Crippen LogP contribution in [0.2, 0.25) is 0 Å². The van der Waals surface area contributed by atoms with Crippen LogP contribution in [0.5, 0.6) is 0 Å². The number of hydrogen-bond donors (Lipinski definition) is 0. The third kappa shape index (κ3) is 4.89. The maximum atomic E-state index is 13.7. The van der Waals surface area contributed by atoms with E-state index < -0.39 is 0 Å². The Morgan fingerprint density at radius 3 is 2.35 bits per heavy atom. The van der Waals surface area contributed by atoms with Crippen molar-refractivity contribution in [3.8, 4) is 0 Å². The fourth-order valence-corrected chi connectivity index (χ4v) is 2.38. The van der Waals surface area contributed by atoms with Gasteiger partial charge in [0.15, 0.2) is 0 Å². The maximum absolute atomic E-state index is 13.7. The lowest BCUT2D eigenvalue weighted by Crippen LogP contribution is -2.00. The van der Waals surface area contributed by atoms with Crippen molar-refractivity contribution in [3.63, 3.8) is 0 Å². The average molecular weight is 236 g/mol. The van der Waals surface area contributed by atoms with Crippen LogP contribution in [0, 0.1) is 5.82 Å². The smallest absolute Gasteiger partial charge is 0.126 e. The zero-order valence-electron chi connectivity index (χ0n) is 11.2. The summed E-state index contributed by atoms with van der Waals surface area (Å²) in [7, 11) is 0. The predicted molar refractivity (Wildman–Crippen MR) is 72.8 cm³/mol. The van der Waals surface area contributed by atoms with Gasteiger partial charge in [-0.1, -0.05) is 64.2 Å². The lowest BCUT2D eigenvalue weighted by atomic mass is 9.90. The molecule has 1 aromatic rings. The third-order valence-electron chi connectivity index (χ3n) is 3.49. The molecular formula is C16H25F. The topological polar surface area (TPSA) is 0 Å². The Morgan fingerprint density at radius 2 is 1.71 bits per heavy atom. The van der Waals surface area contributed by atoms with E-state index in [1.807, 2.05) is 12.1 Å². The van der Waals surface area contributed by atoms with Gasteiger partial charge >= 0.3 is 0 Å². The van der Waals surface area contributed by atoms with Gasteiger partial charge < -0.3 is 0 Å². The molecule has 0 saturated carbocycles. The highest BCUT2D eigenvalue weighted by Gasteiger charge is 2.12. The van der Waals surface area contributed by atoms with E-state index in [9.17, 15) is 4.39 Å². The fourth-order valence-electron chi connectivity index (χ4n) is 2.38. The number of rotatable bonds is 8. The molecule has 96 valence electrons. The maximum Gasteiger partial charge on any atom is 0.126 e. The second kappa shape index (κ2) is 8.27. The number of unbranched alkanes of at least 4 members (excludes halogenated alkanes) is 4. The Labute approximate surface area is 105 Å². The molecule has 0 aromatic heterocycles. The molecule has 0 saturated heterocycles. The molecule has 0 heterocycles. The summed E-state index contributed by atoms with van der Waals surface area (Å²) in [5, 5.41) is 0. The standard InChI is InChI=1S/C16H25F/c1-3-5-6-7-8-11-14(4-2)15-12-9-10-13-16(15)17/h9-10,12-14H,3-8,11H2,1-2H3. The van der Waals surface area contributed by atoms with Crippen LogP contribution in [-0.2, 0) is 0 Å². The van der Waals surface area contributed by atoms with Crippen LogP contribution in [0.25, 0.3) is 0 Å². The van der Waals surface area contributed by atoms with Crippen molar-refractivity contribution < 1.29 is 4.39 Å². The van der Waals surface area contributed by atoms with Crippen LogP contribution >= 0.6 is 0 Å². The van der Waals surface area contributed by atoms with Crippen molar-refractivity contribution in [1.82, 2.24) is 0 Å². The molecule has 0 N–H and O–H groups in total. The van der Waals surface area contributed by atoms with Crippen molar-refractivity contribution in [2.45, 2.75) is 64.7 Å². The van der Waals surface area contributed by atoms with Crippen LogP contribution in [0.4, 0.5) is 4.39 Å². The van der Waals surface area contributed by atoms with Crippen LogP contribution < -0.4 is 0 Å². The highest BCUT2D eigenvalue weighted by Crippen LogP contribution is 2.27. The van der Waals surface area contributed by atoms with E-state index >= 15 is 0 Å². The number of benzene rings is 1. The van der Waals surface area contributed by atoms with Gasteiger partial charge in [-0.2, -0.15) is 0 Å². The quantitative estimate of drug-likeness (QED) is 0.509. The van der Waals surface area contributed by atoms with Gasteiger partial charge in [-0.25, -0.2) is 4.39 Å². The zero-order valence-corrected chi connectivity index (χ0v) is 11.2. The molecule has 0 aliphatic heterocycles. The van der Waals surface area contributed by atoms with Gasteiger partial charge in [0.25, 0.3) is 0 Å². The molecule has 0 spiro atoms.